The maximum absolute atomic E-state index is 13.0. The van der Waals surface area contributed by atoms with Crippen LogP contribution < -0.4 is 4.74 Å². The maximum Gasteiger partial charge on any atom is 0.339 e. The zero-order valence-electron chi connectivity index (χ0n) is 12.6. The number of ether oxygens (including phenoxy) is 1. The SMILES string of the molecule is COc1cc(-c2nn(-c3ccc(F)cc3)cc2C(=O)O)ccc1O. The van der Waals surface area contributed by atoms with Crippen LogP contribution in [0.3, 0.4) is 0 Å². The number of aromatic hydroxyl groups is 1. The van der Waals surface area contributed by atoms with E-state index < -0.39 is 11.8 Å². The Hall–Kier alpha value is -3.35. The number of aromatic nitrogens is 2. The zero-order valence-corrected chi connectivity index (χ0v) is 12.6. The van der Waals surface area contributed by atoms with E-state index in [9.17, 15) is 19.4 Å². The third kappa shape index (κ3) is 2.79. The highest BCUT2D eigenvalue weighted by Gasteiger charge is 2.19. The summed E-state index contributed by atoms with van der Waals surface area (Å²) in [4.78, 5) is 11.5. The number of hydrogen-bond acceptors (Lipinski definition) is 4. The number of nitrogens with zero attached hydrogens (tertiary/aromatic N) is 2. The summed E-state index contributed by atoms with van der Waals surface area (Å²) in [7, 11) is 1.40. The number of carboxylic acids is 1. The van der Waals surface area contributed by atoms with Crippen LogP contribution in [0.2, 0.25) is 0 Å². The van der Waals surface area contributed by atoms with Crippen molar-refractivity contribution >= 4 is 5.97 Å². The lowest BCUT2D eigenvalue weighted by Gasteiger charge is -2.05. The van der Waals surface area contributed by atoms with E-state index in [1.54, 1.807) is 6.07 Å². The second kappa shape index (κ2) is 6.04. The fourth-order valence-electron chi connectivity index (χ4n) is 2.29. The summed E-state index contributed by atoms with van der Waals surface area (Å²) in [5, 5.41) is 23.4. The molecule has 0 saturated carbocycles. The Balaban J connectivity index is 2.13. The van der Waals surface area contributed by atoms with Crippen molar-refractivity contribution in [3.05, 3.63) is 60.0 Å². The van der Waals surface area contributed by atoms with E-state index in [2.05, 4.69) is 5.10 Å². The zero-order chi connectivity index (χ0) is 17.3. The Morgan fingerprint density at radius 1 is 1.21 bits per heavy atom. The molecule has 0 aliphatic heterocycles. The molecule has 0 saturated heterocycles. The molecule has 2 aromatic carbocycles. The van der Waals surface area contributed by atoms with Gasteiger partial charge in [0.15, 0.2) is 11.5 Å². The van der Waals surface area contributed by atoms with Crippen molar-refractivity contribution < 1.29 is 24.1 Å². The predicted octanol–water partition coefficient (Wildman–Crippen LogP) is 3.09. The molecule has 7 heteroatoms. The maximum atomic E-state index is 13.0. The lowest BCUT2D eigenvalue weighted by molar-refractivity contribution is 0.0697. The molecule has 122 valence electrons. The van der Waals surface area contributed by atoms with E-state index in [0.717, 1.165) is 0 Å². The minimum Gasteiger partial charge on any atom is -0.504 e. The molecule has 0 atom stereocenters. The fraction of sp³-hybridized carbons (Fsp3) is 0.0588. The van der Waals surface area contributed by atoms with Crippen molar-refractivity contribution in [1.82, 2.24) is 9.78 Å². The Labute approximate surface area is 136 Å². The van der Waals surface area contributed by atoms with Crippen LogP contribution in [0.25, 0.3) is 16.9 Å². The second-order valence-corrected chi connectivity index (χ2v) is 5.00. The number of rotatable bonds is 4. The van der Waals surface area contributed by atoms with Crippen LogP contribution in [0.1, 0.15) is 10.4 Å². The van der Waals surface area contributed by atoms with Gasteiger partial charge in [0.25, 0.3) is 0 Å². The number of benzene rings is 2. The largest absolute Gasteiger partial charge is 0.504 e. The van der Waals surface area contributed by atoms with Gasteiger partial charge in [-0.05, 0) is 42.5 Å². The van der Waals surface area contributed by atoms with Gasteiger partial charge in [-0.2, -0.15) is 5.10 Å². The molecule has 3 rings (SSSR count). The highest BCUT2D eigenvalue weighted by atomic mass is 19.1. The average molecular weight is 328 g/mol. The summed E-state index contributed by atoms with van der Waals surface area (Å²) in [5.74, 6) is -1.39. The predicted molar refractivity (Wildman–Crippen MR) is 84.1 cm³/mol. The molecule has 1 aromatic heterocycles. The molecule has 0 bridgehead atoms. The summed E-state index contributed by atoms with van der Waals surface area (Å²) < 4.78 is 19.4. The number of halogens is 1. The van der Waals surface area contributed by atoms with Gasteiger partial charge in [0, 0.05) is 11.8 Å². The number of carbonyl (C=O) groups is 1. The van der Waals surface area contributed by atoms with E-state index in [0.29, 0.717) is 11.3 Å². The highest BCUT2D eigenvalue weighted by Crippen LogP contribution is 2.32. The van der Waals surface area contributed by atoms with Gasteiger partial charge < -0.3 is 14.9 Å². The highest BCUT2D eigenvalue weighted by molar-refractivity contribution is 5.95. The van der Waals surface area contributed by atoms with Gasteiger partial charge in [-0.3, -0.25) is 0 Å². The number of methoxy groups -OCH3 is 1. The number of phenolic OH excluding ortho intramolecular Hbond substituents is 1. The summed E-state index contributed by atoms with van der Waals surface area (Å²) in [6.07, 6.45) is 1.35. The molecule has 1 heterocycles. The van der Waals surface area contributed by atoms with E-state index in [1.165, 1.54) is 54.4 Å². The second-order valence-electron chi connectivity index (χ2n) is 5.00. The van der Waals surface area contributed by atoms with Crippen LogP contribution in [0.5, 0.6) is 11.5 Å². The van der Waals surface area contributed by atoms with E-state index in [-0.39, 0.29) is 22.8 Å². The van der Waals surface area contributed by atoms with Gasteiger partial charge in [0.05, 0.1) is 12.8 Å². The molecule has 3 aromatic rings. The molecule has 0 amide bonds. The lowest BCUT2D eigenvalue weighted by atomic mass is 10.1. The van der Waals surface area contributed by atoms with Crippen LogP contribution in [0, 0.1) is 5.82 Å². The van der Waals surface area contributed by atoms with Gasteiger partial charge in [0.1, 0.15) is 17.1 Å². The standard InChI is InChI=1S/C17H13FN2O4/c1-24-15-8-10(2-7-14(15)21)16-13(17(22)23)9-20(19-16)12-5-3-11(18)4-6-12/h2-9,21H,1H3,(H,22,23). The van der Waals surface area contributed by atoms with E-state index in [1.807, 2.05) is 0 Å². The van der Waals surface area contributed by atoms with Crippen molar-refractivity contribution in [3.8, 4) is 28.4 Å². The molecule has 0 aliphatic rings. The first-order valence-corrected chi connectivity index (χ1v) is 6.96. The Kier molecular flexibility index (Phi) is 3.91. The van der Waals surface area contributed by atoms with Crippen molar-refractivity contribution in [2.45, 2.75) is 0 Å². The molecule has 6 nitrogen and oxygen atoms in total. The van der Waals surface area contributed by atoms with Crippen molar-refractivity contribution in [3.63, 3.8) is 0 Å². The van der Waals surface area contributed by atoms with Crippen molar-refractivity contribution in [1.29, 1.82) is 0 Å². The lowest BCUT2D eigenvalue weighted by Crippen LogP contribution is -1.97. The van der Waals surface area contributed by atoms with Gasteiger partial charge in [0.2, 0.25) is 0 Å². The van der Waals surface area contributed by atoms with Crippen molar-refractivity contribution in [2.24, 2.45) is 0 Å². The van der Waals surface area contributed by atoms with E-state index >= 15 is 0 Å². The van der Waals surface area contributed by atoms with Gasteiger partial charge in [-0.25, -0.2) is 13.9 Å². The van der Waals surface area contributed by atoms with Gasteiger partial charge in [-0.15, -0.1) is 0 Å². The summed E-state index contributed by atoms with van der Waals surface area (Å²) in [6.45, 7) is 0. The normalized spacial score (nSPS) is 10.6. The quantitative estimate of drug-likeness (QED) is 0.769. The van der Waals surface area contributed by atoms with Crippen LogP contribution in [-0.4, -0.2) is 33.1 Å². The van der Waals surface area contributed by atoms with Crippen LogP contribution in [0.15, 0.2) is 48.7 Å². The number of hydrogen-bond donors (Lipinski definition) is 2. The average Bonchev–Trinajstić information content (AvgIpc) is 3.01. The minimum atomic E-state index is -1.15. The first-order valence-electron chi connectivity index (χ1n) is 6.96. The summed E-state index contributed by atoms with van der Waals surface area (Å²) in [6, 6.07) is 9.96. The number of carboxylic acid groups (broad SMARTS) is 1. The Morgan fingerprint density at radius 3 is 2.54 bits per heavy atom. The summed E-state index contributed by atoms with van der Waals surface area (Å²) in [5.41, 5.74) is 1.19. The first kappa shape index (κ1) is 15.5. The first-order chi connectivity index (χ1) is 11.5. The van der Waals surface area contributed by atoms with Crippen LogP contribution >= 0.6 is 0 Å². The molecular weight excluding hydrogens is 315 g/mol. The van der Waals surface area contributed by atoms with E-state index in [4.69, 9.17) is 4.74 Å². The monoisotopic (exact) mass is 328 g/mol. The number of phenols is 1. The molecule has 0 radical (unpaired) electrons. The Bertz CT molecular complexity index is 903. The molecule has 0 unspecified atom stereocenters. The third-order valence-electron chi connectivity index (χ3n) is 3.49. The van der Waals surface area contributed by atoms with Gasteiger partial charge >= 0.3 is 5.97 Å². The summed E-state index contributed by atoms with van der Waals surface area (Å²) >= 11 is 0. The van der Waals surface area contributed by atoms with Crippen LogP contribution in [-0.2, 0) is 0 Å². The molecule has 24 heavy (non-hydrogen) atoms. The molecule has 0 spiro atoms. The molecule has 0 fully saturated rings. The smallest absolute Gasteiger partial charge is 0.339 e. The molecule has 0 aliphatic carbocycles. The Morgan fingerprint density at radius 2 is 1.92 bits per heavy atom. The van der Waals surface area contributed by atoms with Crippen LogP contribution in [0.4, 0.5) is 4.39 Å². The fourth-order valence-corrected chi connectivity index (χ4v) is 2.29. The topological polar surface area (TPSA) is 84.6 Å². The minimum absolute atomic E-state index is 0.0212. The number of aromatic carboxylic acids is 1. The molecule has 2 N–H and O–H groups in total. The van der Waals surface area contributed by atoms with Crippen molar-refractivity contribution in [2.75, 3.05) is 7.11 Å². The molecular formula is C17H13FN2O4. The third-order valence-corrected chi connectivity index (χ3v) is 3.49. The van der Waals surface area contributed by atoms with Gasteiger partial charge in [-0.1, -0.05) is 0 Å².